The van der Waals surface area contributed by atoms with Gasteiger partial charge in [0, 0.05) is 18.8 Å². The third-order valence-electron chi connectivity index (χ3n) is 2.65. The van der Waals surface area contributed by atoms with Gasteiger partial charge >= 0.3 is 0 Å². The predicted molar refractivity (Wildman–Crippen MR) is 65.3 cm³/mol. The number of likely N-dealkylation sites (N-methyl/N-ethyl adjacent to an activating group) is 1. The summed E-state index contributed by atoms with van der Waals surface area (Å²) < 4.78 is 0. The molecule has 0 aromatic carbocycles. The molecule has 0 saturated carbocycles. The van der Waals surface area contributed by atoms with Gasteiger partial charge in [-0.05, 0) is 39.7 Å². The molecule has 0 aliphatic carbocycles. The molecule has 0 N–H and O–H groups in total. The lowest BCUT2D eigenvalue weighted by atomic mass is 10.0. The molecule has 0 fully saturated rings. The Morgan fingerprint density at radius 3 is 2.07 bits per heavy atom. The van der Waals surface area contributed by atoms with Crippen LogP contribution in [0.25, 0.3) is 0 Å². The molecule has 0 rings (SSSR count). The van der Waals surface area contributed by atoms with Crippen LogP contribution in [0.5, 0.6) is 0 Å². The van der Waals surface area contributed by atoms with Crippen molar-refractivity contribution in [1.82, 2.24) is 4.90 Å². The summed E-state index contributed by atoms with van der Waals surface area (Å²) >= 11 is 0. The summed E-state index contributed by atoms with van der Waals surface area (Å²) in [5, 5.41) is 0. The van der Waals surface area contributed by atoms with E-state index >= 15 is 0 Å². The largest absolute Gasteiger partial charge is 0.372 e. The third-order valence-corrected chi connectivity index (χ3v) is 2.65. The van der Waals surface area contributed by atoms with Gasteiger partial charge in [-0.3, -0.25) is 0 Å². The van der Waals surface area contributed by atoms with Crippen molar-refractivity contribution in [3.8, 4) is 0 Å². The van der Waals surface area contributed by atoms with Crippen molar-refractivity contribution in [2.75, 3.05) is 7.05 Å². The molecular weight excluding hydrogens is 170 g/mol. The average Bonchev–Trinajstić information content (AvgIpc) is 2.11. The van der Waals surface area contributed by atoms with Gasteiger partial charge in [-0.2, -0.15) is 0 Å². The quantitative estimate of drug-likeness (QED) is 0.600. The Bertz CT molecular complexity index is 219. The van der Waals surface area contributed by atoms with Gasteiger partial charge in [0.25, 0.3) is 0 Å². The fraction of sp³-hybridized carbons (Fsp3) is 0.692. The van der Waals surface area contributed by atoms with Crippen LogP contribution in [0.4, 0.5) is 0 Å². The zero-order valence-electron chi connectivity index (χ0n) is 10.6. The molecule has 82 valence electrons. The van der Waals surface area contributed by atoms with Gasteiger partial charge < -0.3 is 4.90 Å². The highest BCUT2D eigenvalue weighted by Crippen LogP contribution is 2.22. The predicted octanol–water partition coefficient (Wildman–Crippen LogP) is 3.98. The van der Waals surface area contributed by atoms with E-state index in [1.165, 1.54) is 23.3 Å². The van der Waals surface area contributed by atoms with Crippen molar-refractivity contribution in [2.24, 2.45) is 0 Å². The summed E-state index contributed by atoms with van der Waals surface area (Å²) in [5.74, 6) is 0. The topological polar surface area (TPSA) is 3.24 Å². The van der Waals surface area contributed by atoms with E-state index in [0.29, 0.717) is 6.04 Å². The molecule has 0 radical (unpaired) electrons. The van der Waals surface area contributed by atoms with Crippen molar-refractivity contribution >= 4 is 0 Å². The second kappa shape index (κ2) is 5.90. The molecular formula is C13H25N. The lowest BCUT2D eigenvalue weighted by Crippen LogP contribution is -2.26. The van der Waals surface area contributed by atoms with Crippen molar-refractivity contribution in [1.29, 1.82) is 0 Å². The summed E-state index contributed by atoms with van der Waals surface area (Å²) in [4.78, 5) is 2.25. The zero-order valence-corrected chi connectivity index (χ0v) is 10.6. The van der Waals surface area contributed by atoms with Crippen LogP contribution < -0.4 is 0 Å². The maximum absolute atomic E-state index is 4.18. The van der Waals surface area contributed by atoms with Gasteiger partial charge in [0.05, 0.1) is 0 Å². The van der Waals surface area contributed by atoms with Gasteiger partial charge in [0.15, 0.2) is 0 Å². The van der Waals surface area contributed by atoms with Crippen molar-refractivity contribution in [3.05, 3.63) is 23.4 Å². The Morgan fingerprint density at radius 1 is 1.29 bits per heavy atom. The normalized spacial score (nSPS) is 10.2. The molecule has 0 amide bonds. The summed E-state index contributed by atoms with van der Waals surface area (Å²) in [6.45, 7) is 15.1. The second-order valence-electron chi connectivity index (χ2n) is 4.38. The molecule has 14 heavy (non-hydrogen) atoms. The third kappa shape index (κ3) is 3.57. The van der Waals surface area contributed by atoms with Gasteiger partial charge in [0.1, 0.15) is 0 Å². The first-order valence-corrected chi connectivity index (χ1v) is 5.50. The minimum Gasteiger partial charge on any atom is -0.372 e. The lowest BCUT2D eigenvalue weighted by molar-refractivity contribution is 0.349. The van der Waals surface area contributed by atoms with E-state index in [1.807, 2.05) is 0 Å². The Balaban J connectivity index is 4.71. The van der Waals surface area contributed by atoms with E-state index in [-0.39, 0.29) is 0 Å². The molecule has 0 unspecified atom stereocenters. The van der Waals surface area contributed by atoms with Crippen molar-refractivity contribution in [3.63, 3.8) is 0 Å². The monoisotopic (exact) mass is 195 g/mol. The Morgan fingerprint density at radius 2 is 1.79 bits per heavy atom. The molecule has 0 spiro atoms. The standard InChI is InChI=1S/C13H25N/c1-8-9-13(10(2)3)12(6)14(7)11(4)5/h11H,6,8-9H2,1-5,7H3. The van der Waals surface area contributed by atoms with Crippen LogP contribution in [0, 0.1) is 0 Å². The first-order valence-electron chi connectivity index (χ1n) is 5.50. The number of allylic oxidation sites excluding steroid dienone is 2. The van der Waals surface area contributed by atoms with Crippen molar-refractivity contribution in [2.45, 2.75) is 53.5 Å². The molecule has 0 aromatic rings. The summed E-state index contributed by atoms with van der Waals surface area (Å²) in [7, 11) is 2.12. The van der Waals surface area contributed by atoms with Crippen LogP contribution in [-0.4, -0.2) is 18.0 Å². The maximum atomic E-state index is 4.18. The SMILES string of the molecule is C=C(C(CCC)=C(C)C)N(C)C(C)C. The Hall–Kier alpha value is -0.720. The molecule has 0 aromatic heterocycles. The summed E-state index contributed by atoms with van der Waals surface area (Å²) in [6.07, 6.45) is 2.32. The molecule has 0 aliphatic rings. The van der Waals surface area contributed by atoms with Crippen LogP contribution in [0.15, 0.2) is 23.4 Å². The first kappa shape index (κ1) is 13.3. The van der Waals surface area contributed by atoms with Crippen LogP contribution in [0.2, 0.25) is 0 Å². The van der Waals surface area contributed by atoms with Crippen LogP contribution >= 0.6 is 0 Å². The smallest absolute Gasteiger partial charge is 0.0324 e. The van der Waals surface area contributed by atoms with E-state index in [0.717, 1.165) is 6.42 Å². The Kier molecular flexibility index (Phi) is 5.59. The summed E-state index contributed by atoms with van der Waals surface area (Å²) in [6, 6.07) is 0.522. The van der Waals surface area contributed by atoms with Crippen molar-refractivity contribution < 1.29 is 0 Å². The van der Waals surface area contributed by atoms with Crippen LogP contribution in [0.1, 0.15) is 47.5 Å². The number of hydrogen-bond donors (Lipinski definition) is 0. The lowest BCUT2D eigenvalue weighted by Gasteiger charge is -2.28. The highest BCUT2D eigenvalue weighted by molar-refractivity contribution is 5.30. The molecule has 1 heteroatoms. The molecule has 0 saturated heterocycles. The Labute approximate surface area is 89.5 Å². The first-order chi connectivity index (χ1) is 6.41. The molecule has 0 bridgehead atoms. The average molecular weight is 195 g/mol. The molecule has 1 nitrogen and oxygen atoms in total. The highest BCUT2D eigenvalue weighted by Gasteiger charge is 2.11. The molecule has 0 atom stereocenters. The number of rotatable bonds is 5. The molecule has 0 aliphatic heterocycles. The number of hydrogen-bond acceptors (Lipinski definition) is 1. The number of nitrogens with zero attached hydrogens (tertiary/aromatic N) is 1. The van der Waals surface area contributed by atoms with E-state index in [2.05, 4.69) is 53.1 Å². The van der Waals surface area contributed by atoms with E-state index in [4.69, 9.17) is 0 Å². The van der Waals surface area contributed by atoms with Gasteiger partial charge in [0.2, 0.25) is 0 Å². The van der Waals surface area contributed by atoms with Crippen LogP contribution in [0.3, 0.4) is 0 Å². The van der Waals surface area contributed by atoms with Gasteiger partial charge in [-0.15, -0.1) is 0 Å². The maximum Gasteiger partial charge on any atom is 0.0324 e. The summed E-state index contributed by atoms with van der Waals surface area (Å²) in [5.41, 5.74) is 4.00. The van der Waals surface area contributed by atoms with Crippen LogP contribution in [-0.2, 0) is 0 Å². The second-order valence-corrected chi connectivity index (χ2v) is 4.38. The fourth-order valence-corrected chi connectivity index (χ4v) is 1.46. The highest BCUT2D eigenvalue weighted by atomic mass is 15.1. The zero-order chi connectivity index (χ0) is 11.3. The van der Waals surface area contributed by atoms with Gasteiger partial charge in [-0.1, -0.05) is 25.5 Å². The molecule has 0 heterocycles. The minimum absolute atomic E-state index is 0.522. The van der Waals surface area contributed by atoms with E-state index in [1.54, 1.807) is 0 Å². The minimum atomic E-state index is 0.522. The fourth-order valence-electron chi connectivity index (χ4n) is 1.46. The van der Waals surface area contributed by atoms with E-state index in [9.17, 15) is 0 Å². The van der Waals surface area contributed by atoms with Gasteiger partial charge in [-0.25, -0.2) is 0 Å². The van der Waals surface area contributed by atoms with E-state index < -0.39 is 0 Å².